The van der Waals surface area contributed by atoms with Gasteiger partial charge in [-0.05, 0) is 0 Å². The molecule has 0 spiro atoms. The van der Waals surface area contributed by atoms with Crippen LogP contribution in [-0.2, 0) is 0 Å². The van der Waals surface area contributed by atoms with E-state index in [1.807, 2.05) is 13.1 Å². The number of nitrogens with one attached hydrogen (secondary N) is 2. The van der Waals surface area contributed by atoms with E-state index < -0.39 is 0 Å². The first-order valence-electron chi connectivity index (χ1n) is 6.15. The van der Waals surface area contributed by atoms with Gasteiger partial charge in [-0.2, -0.15) is 0 Å². The molecule has 0 bridgehead atoms. The van der Waals surface area contributed by atoms with Crippen LogP contribution in [0.2, 0.25) is 0 Å². The van der Waals surface area contributed by atoms with E-state index in [0.29, 0.717) is 6.04 Å². The Labute approximate surface area is 102 Å². The molecule has 2 aliphatic rings. The predicted molar refractivity (Wildman–Crippen MR) is 72.9 cm³/mol. The molecular weight excluding hydrogens is 211 g/mol. The van der Waals surface area contributed by atoms with E-state index in [1.165, 1.54) is 24.9 Å². The van der Waals surface area contributed by atoms with Crippen molar-refractivity contribution in [3.63, 3.8) is 0 Å². The van der Waals surface area contributed by atoms with E-state index in [4.69, 9.17) is 0 Å². The average Bonchev–Trinajstić information content (AvgIpc) is 2.69. The minimum atomic E-state index is 0.669. The van der Waals surface area contributed by atoms with Crippen molar-refractivity contribution in [1.82, 2.24) is 10.3 Å². The van der Waals surface area contributed by atoms with Gasteiger partial charge in [-0.1, -0.05) is 0 Å². The number of hydrogen-bond acceptors (Lipinski definition) is 4. The van der Waals surface area contributed by atoms with Crippen LogP contribution in [0.4, 0.5) is 11.4 Å². The van der Waals surface area contributed by atoms with Crippen LogP contribution in [0.25, 0.3) is 0 Å². The number of hydrogen-bond donors (Lipinski definition) is 2. The van der Waals surface area contributed by atoms with Gasteiger partial charge in [-0.15, -0.1) is 0 Å². The molecule has 0 aromatic heterocycles. The first-order chi connectivity index (χ1) is 8.38. The Morgan fingerprint density at radius 3 is 2.94 bits per heavy atom. The van der Waals surface area contributed by atoms with Crippen LogP contribution in [0.5, 0.6) is 0 Å². The Bertz CT molecular complexity index is 419. The summed E-state index contributed by atoms with van der Waals surface area (Å²) in [5, 5.41) is 2.12. The molecule has 1 fully saturated rings. The van der Waals surface area contributed by atoms with E-state index in [9.17, 15) is 0 Å². The third kappa shape index (κ3) is 1.91. The van der Waals surface area contributed by atoms with E-state index >= 15 is 0 Å². The zero-order valence-electron chi connectivity index (χ0n) is 9.89. The third-order valence-corrected chi connectivity index (χ3v) is 3.60. The molecule has 3 rings (SSSR count). The summed E-state index contributed by atoms with van der Waals surface area (Å²) >= 11 is 0. The SMILES string of the molecule is C=BN(CN1NNc2ccccc21)C1CCC1. The van der Waals surface area contributed by atoms with Crippen molar-refractivity contribution in [1.29, 1.82) is 0 Å². The number of para-hydroxylation sites is 2. The van der Waals surface area contributed by atoms with E-state index in [0.717, 1.165) is 12.4 Å². The summed E-state index contributed by atoms with van der Waals surface area (Å²) in [5.74, 6) is 0. The number of rotatable bonds is 4. The van der Waals surface area contributed by atoms with Crippen LogP contribution in [0.3, 0.4) is 0 Å². The van der Waals surface area contributed by atoms with Crippen LogP contribution in [-0.4, -0.2) is 31.0 Å². The van der Waals surface area contributed by atoms with Gasteiger partial charge in [0, 0.05) is 0 Å². The summed E-state index contributed by atoms with van der Waals surface area (Å²) in [7, 11) is 1.95. The van der Waals surface area contributed by atoms with E-state index in [1.54, 1.807) is 0 Å². The van der Waals surface area contributed by atoms with E-state index in [-0.39, 0.29) is 0 Å². The number of benzene rings is 1. The average molecular weight is 228 g/mol. The summed E-state index contributed by atoms with van der Waals surface area (Å²) in [6, 6.07) is 8.95. The molecule has 0 amide bonds. The predicted octanol–water partition coefficient (Wildman–Crippen LogP) is 1.20. The normalized spacial score (nSPS) is 18.0. The van der Waals surface area contributed by atoms with Crippen LogP contribution in [0.15, 0.2) is 24.3 Å². The second-order valence-corrected chi connectivity index (χ2v) is 4.60. The molecule has 5 heteroatoms. The first kappa shape index (κ1) is 10.7. The van der Waals surface area contributed by atoms with Gasteiger partial charge in [-0.25, -0.2) is 0 Å². The molecule has 0 unspecified atom stereocenters. The maximum atomic E-state index is 3.91. The number of fused-ring (bicyclic) bond motifs is 1. The molecule has 1 aromatic carbocycles. The molecular formula is C12H17BN4. The molecule has 0 saturated heterocycles. The molecule has 1 saturated carbocycles. The Morgan fingerprint density at radius 1 is 1.41 bits per heavy atom. The van der Waals surface area contributed by atoms with Crippen molar-refractivity contribution in [3.05, 3.63) is 24.3 Å². The number of nitrogens with zero attached hydrogens (tertiary/aromatic N) is 2. The molecule has 4 nitrogen and oxygen atoms in total. The van der Waals surface area contributed by atoms with Gasteiger partial charge in [0.2, 0.25) is 0 Å². The van der Waals surface area contributed by atoms with Crippen LogP contribution < -0.4 is 16.0 Å². The summed E-state index contributed by atoms with van der Waals surface area (Å²) in [4.78, 5) is 2.31. The van der Waals surface area contributed by atoms with Crippen LogP contribution in [0.1, 0.15) is 19.3 Å². The van der Waals surface area contributed by atoms with Crippen molar-refractivity contribution in [3.8, 4) is 0 Å². The summed E-state index contributed by atoms with van der Waals surface area (Å²) < 4.78 is 0. The summed E-state index contributed by atoms with van der Waals surface area (Å²) in [6.45, 7) is 4.74. The van der Waals surface area contributed by atoms with Crippen molar-refractivity contribution >= 4 is 24.9 Å². The quantitative estimate of drug-likeness (QED) is 0.758. The molecule has 2 N–H and O–H groups in total. The van der Waals surface area contributed by atoms with Gasteiger partial charge in [0.1, 0.15) is 0 Å². The van der Waals surface area contributed by atoms with Crippen molar-refractivity contribution in [2.24, 2.45) is 0 Å². The molecule has 1 aromatic rings. The fraction of sp³-hybridized carbons (Fsp3) is 0.417. The van der Waals surface area contributed by atoms with Crippen molar-refractivity contribution in [2.45, 2.75) is 25.3 Å². The molecule has 0 atom stereocenters. The zero-order chi connectivity index (χ0) is 11.7. The Balaban J connectivity index is 1.71. The van der Waals surface area contributed by atoms with Gasteiger partial charge >= 0.3 is 102 Å². The first-order valence-corrected chi connectivity index (χ1v) is 6.15. The molecule has 1 aliphatic carbocycles. The van der Waals surface area contributed by atoms with Crippen LogP contribution in [0, 0.1) is 0 Å². The monoisotopic (exact) mass is 228 g/mol. The van der Waals surface area contributed by atoms with Gasteiger partial charge in [0.15, 0.2) is 0 Å². The maximum absolute atomic E-state index is 3.91. The van der Waals surface area contributed by atoms with Crippen molar-refractivity contribution < 1.29 is 0 Å². The number of hydrazine groups is 2. The fourth-order valence-electron chi connectivity index (χ4n) is 2.32. The van der Waals surface area contributed by atoms with Crippen LogP contribution >= 0.6 is 0 Å². The van der Waals surface area contributed by atoms with Crippen molar-refractivity contribution in [2.75, 3.05) is 17.1 Å². The second kappa shape index (κ2) is 4.41. The zero-order valence-corrected chi connectivity index (χ0v) is 9.89. The molecule has 0 radical (unpaired) electrons. The Hall–Kier alpha value is -1.49. The van der Waals surface area contributed by atoms with Gasteiger partial charge in [0.05, 0.1) is 0 Å². The van der Waals surface area contributed by atoms with Gasteiger partial charge in [-0.3, -0.25) is 0 Å². The topological polar surface area (TPSA) is 30.5 Å². The van der Waals surface area contributed by atoms with Gasteiger partial charge < -0.3 is 0 Å². The summed E-state index contributed by atoms with van der Waals surface area (Å²) in [5.41, 5.74) is 8.68. The minimum absolute atomic E-state index is 0.669. The molecule has 17 heavy (non-hydrogen) atoms. The molecule has 1 heterocycles. The molecule has 88 valence electrons. The fourth-order valence-corrected chi connectivity index (χ4v) is 2.32. The Morgan fingerprint density at radius 2 is 2.24 bits per heavy atom. The second-order valence-electron chi connectivity index (χ2n) is 4.60. The van der Waals surface area contributed by atoms with E-state index in [2.05, 4.69) is 45.4 Å². The third-order valence-electron chi connectivity index (χ3n) is 3.60. The van der Waals surface area contributed by atoms with Gasteiger partial charge in [0.25, 0.3) is 0 Å². The Kier molecular flexibility index (Phi) is 2.77. The molecule has 1 aliphatic heterocycles. The summed E-state index contributed by atoms with van der Waals surface area (Å²) in [6.07, 6.45) is 3.92. The number of anilines is 2. The standard InChI is InChI=1S/C12H17BN4/c1-13-16(10-5-4-6-10)9-17-12-8-3-2-7-11(12)14-15-17/h2-3,7-8,10,14-15H,1,4-6,9H2.